The van der Waals surface area contributed by atoms with Gasteiger partial charge in [-0.25, -0.2) is 4.68 Å². The van der Waals surface area contributed by atoms with E-state index in [4.69, 9.17) is 5.73 Å². The van der Waals surface area contributed by atoms with Crippen molar-refractivity contribution in [3.63, 3.8) is 0 Å². The van der Waals surface area contributed by atoms with Crippen molar-refractivity contribution in [3.05, 3.63) is 54.2 Å². The maximum atomic E-state index is 12.6. The normalized spacial score (nSPS) is 18.1. The van der Waals surface area contributed by atoms with Crippen LogP contribution in [0.5, 0.6) is 0 Å². The van der Waals surface area contributed by atoms with Gasteiger partial charge in [0.2, 0.25) is 5.91 Å². The Balaban J connectivity index is 1.17. The highest BCUT2D eigenvalue weighted by atomic mass is 16.2. The number of nitrogens with zero attached hydrogens (tertiary/aromatic N) is 4. The Bertz CT molecular complexity index is 1140. The number of carbonyl (C=O) groups excluding carboxylic acids is 2. The number of nitrogens with one attached hydrogen (secondary N) is 1. The molecule has 33 heavy (non-hydrogen) atoms. The Morgan fingerprint density at radius 2 is 1.73 bits per heavy atom. The lowest BCUT2D eigenvalue weighted by Gasteiger charge is -2.36. The van der Waals surface area contributed by atoms with Gasteiger partial charge in [0.1, 0.15) is 5.52 Å². The summed E-state index contributed by atoms with van der Waals surface area (Å²) in [6.07, 6.45) is 6.82. The van der Waals surface area contributed by atoms with E-state index in [0.717, 1.165) is 42.7 Å². The quantitative estimate of drug-likeness (QED) is 0.607. The van der Waals surface area contributed by atoms with Crippen LogP contribution in [0.3, 0.4) is 0 Å². The van der Waals surface area contributed by atoms with Crippen molar-refractivity contribution < 1.29 is 9.59 Å². The van der Waals surface area contributed by atoms with Crippen molar-refractivity contribution >= 4 is 28.4 Å². The van der Waals surface area contributed by atoms with Crippen LogP contribution in [0.15, 0.2) is 48.7 Å². The molecule has 2 amide bonds. The molecule has 0 aliphatic carbocycles. The Hall–Kier alpha value is -3.23. The number of primary amides is 1. The topological polar surface area (TPSA) is 96.5 Å². The van der Waals surface area contributed by atoms with Crippen molar-refractivity contribution in [2.24, 2.45) is 5.73 Å². The fourth-order valence-corrected chi connectivity index (χ4v) is 5.03. The van der Waals surface area contributed by atoms with Gasteiger partial charge >= 0.3 is 0 Å². The number of amides is 2. The van der Waals surface area contributed by atoms with E-state index in [0.29, 0.717) is 23.7 Å². The molecule has 8 heteroatoms. The van der Waals surface area contributed by atoms with E-state index >= 15 is 0 Å². The molecule has 0 spiro atoms. The molecule has 2 aliphatic rings. The molecule has 172 valence electrons. The van der Waals surface area contributed by atoms with Gasteiger partial charge < -0.3 is 16.0 Å². The van der Waals surface area contributed by atoms with Crippen molar-refractivity contribution in [2.45, 2.75) is 31.7 Å². The summed E-state index contributed by atoms with van der Waals surface area (Å²) in [4.78, 5) is 29.1. The summed E-state index contributed by atoms with van der Waals surface area (Å²) in [5.74, 6) is -0.484. The fourth-order valence-electron chi connectivity index (χ4n) is 5.03. The third-order valence-corrected chi connectivity index (χ3v) is 6.80. The first kappa shape index (κ1) is 21.6. The molecular weight excluding hydrogens is 416 g/mol. The van der Waals surface area contributed by atoms with E-state index in [1.54, 1.807) is 16.8 Å². The zero-order valence-electron chi connectivity index (χ0n) is 18.7. The van der Waals surface area contributed by atoms with Crippen LogP contribution in [0, 0.1) is 0 Å². The lowest BCUT2D eigenvalue weighted by molar-refractivity contribution is -0.117. The number of hydrogen-bond acceptors (Lipinski definition) is 5. The Labute approximate surface area is 193 Å². The van der Waals surface area contributed by atoms with E-state index < -0.39 is 5.91 Å². The molecule has 0 bridgehead atoms. The smallest absolute Gasteiger partial charge is 0.250 e. The average molecular weight is 447 g/mol. The molecular formula is C25H30N6O2. The standard InChI is InChI=1S/C25H30N6O2/c26-25(33)22-5-3-4-18-16-31(28-24(18)22)21-8-6-19(7-9-21)27-23(32)17-29-14-10-20(11-15-29)30-12-1-2-13-30/h3-9,16,20H,1-2,10-15,17H2,(H2,26,33)(H,27,32). The molecule has 2 saturated heterocycles. The maximum Gasteiger partial charge on any atom is 0.250 e. The first-order chi connectivity index (χ1) is 16.1. The van der Waals surface area contributed by atoms with Gasteiger partial charge in [-0.2, -0.15) is 5.10 Å². The zero-order chi connectivity index (χ0) is 22.8. The monoisotopic (exact) mass is 446 g/mol. The van der Waals surface area contributed by atoms with Crippen LogP contribution < -0.4 is 11.1 Å². The molecule has 3 heterocycles. The maximum absolute atomic E-state index is 12.6. The fraction of sp³-hybridized carbons (Fsp3) is 0.400. The molecule has 0 radical (unpaired) electrons. The lowest BCUT2D eigenvalue weighted by Crippen LogP contribution is -2.45. The average Bonchev–Trinajstić information content (AvgIpc) is 3.50. The number of nitrogens with two attached hydrogens (primary N) is 1. The van der Waals surface area contributed by atoms with Crippen molar-refractivity contribution in [1.29, 1.82) is 0 Å². The van der Waals surface area contributed by atoms with Crippen molar-refractivity contribution in [1.82, 2.24) is 19.6 Å². The van der Waals surface area contributed by atoms with Gasteiger partial charge in [0, 0.05) is 36.4 Å². The molecule has 2 aromatic carbocycles. The summed E-state index contributed by atoms with van der Waals surface area (Å²) in [6, 6.07) is 13.6. The molecule has 0 unspecified atom stereocenters. The largest absolute Gasteiger partial charge is 0.366 e. The molecule has 3 aromatic rings. The molecule has 2 fully saturated rings. The molecule has 1 aromatic heterocycles. The number of benzene rings is 2. The number of carbonyl (C=O) groups is 2. The van der Waals surface area contributed by atoms with Crippen LogP contribution in [0.25, 0.3) is 16.6 Å². The second-order valence-electron chi connectivity index (χ2n) is 9.03. The van der Waals surface area contributed by atoms with E-state index in [-0.39, 0.29) is 5.91 Å². The van der Waals surface area contributed by atoms with E-state index in [1.165, 1.54) is 25.9 Å². The van der Waals surface area contributed by atoms with Crippen LogP contribution in [0.2, 0.25) is 0 Å². The van der Waals surface area contributed by atoms with Crippen molar-refractivity contribution in [2.75, 3.05) is 38.0 Å². The van der Waals surface area contributed by atoms with E-state index in [9.17, 15) is 9.59 Å². The Kier molecular flexibility index (Phi) is 6.11. The van der Waals surface area contributed by atoms with Gasteiger partial charge in [0.25, 0.3) is 5.91 Å². The van der Waals surface area contributed by atoms with Crippen LogP contribution in [0.4, 0.5) is 5.69 Å². The van der Waals surface area contributed by atoms with Gasteiger partial charge in [-0.05, 0) is 69.1 Å². The highest BCUT2D eigenvalue weighted by Gasteiger charge is 2.27. The highest BCUT2D eigenvalue weighted by Crippen LogP contribution is 2.22. The van der Waals surface area contributed by atoms with E-state index in [1.807, 2.05) is 36.5 Å². The SMILES string of the molecule is NC(=O)c1cccc2cn(-c3ccc(NC(=O)CN4CCC(N5CCCC5)CC4)cc3)nc12. The number of piperidine rings is 1. The van der Waals surface area contributed by atoms with Crippen LogP contribution >= 0.6 is 0 Å². The number of fused-ring (bicyclic) bond motifs is 1. The summed E-state index contributed by atoms with van der Waals surface area (Å²) >= 11 is 0. The Morgan fingerprint density at radius 1 is 1.00 bits per heavy atom. The van der Waals surface area contributed by atoms with Gasteiger partial charge in [0.05, 0.1) is 17.8 Å². The number of likely N-dealkylation sites (tertiary alicyclic amines) is 2. The van der Waals surface area contributed by atoms with Crippen LogP contribution in [0.1, 0.15) is 36.0 Å². The molecule has 0 atom stereocenters. The summed E-state index contributed by atoms with van der Waals surface area (Å²) in [7, 11) is 0. The third kappa shape index (κ3) is 4.77. The third-order valence-electron chi connectivity index (χ3n) is 6.80. The van der Waals surface area contributed by atoms with Gasteiger partial charge in [-0.3, -0.25) is 14.5 Å². The minimum Gasteiger partial charge on any atom is -0.366 e. The molecule has 8 nitrogen and oxygen atoms in total. The number of aromatic nitrogens is 2. The van der Waals surface area contributed by atoms with Gasteiger partial charge in [-0.1, -0.05) is 12.1 Å². The van der Waals surface area contributed by atoms with Crippen LogP contribution in [-0.2, 0) is 4.79 Å². The molecule has 0 saturated carbocycles. The summed E-state index contributed by atoms with van der Waals surface area (Å²) < 4.78 is 1.72. The summed E-state index contributed by atoms with van der Waals surface area (Å²) in [5.41, 5.74) is 8.04. The number of hydrogen-bond donors (Lipinski definition) is 2. The number of rotatable bonds is 6. The molecule has 3 N–H and O–H groups in total. The summed E-state index contributed by atoms with van der Waals surface area (Å²) in [6.45, 7) is 4.86. The first-order valence-corrected chi connectivity index (χ1v) is 11.7. The minimum absolute atomic E-state index is 0.0123. The minimum atomic E-state index is -0.496. The lowest BCUT2D eigenvalue weighted by atomic mass is 10.0. The van der Waals surface area contributed by atoms with E-state index in [2.05, 4.69) is 20.2 Å². The second-order valence-corrected chi connectivity index (χ2v) is 9.03. The molecule has 5 rings (SSSR count). The second kappa shape index (κ2) is 9.33. The zero-order valence-corrected chi connectivity index (χ0v) is 18.7. The molecule has 2 aliphatic heterocycles. The van der Waals surface area contributed by atoms with Crippen molar-refractivity contribution in [3.8, 4) is 5.69 Å². The Morgan fingerprint density at radius 3 is 2.42 bits per heavy atom. The summed E-state index contributed by atoms with van der Waals surface area (Å²) in [5, 5.41) is 8.37. The van der Waals surface area contributed by atoms with Crippen LogP contribution in [-0.4, -0.2) is 70.2 Å². The highest BCUT2D eigenvalue weighted by molar-refractivity contribution is 6.04. The predicted molar refractivity (Wildman–Crippen MR) is 128 cm³/mol. The van der Waals surface area contributed by atoms with Gasteiger partial charge in [0.15, 0.2) is 0 Å². The number of anilines is 1. The van der Waals surface area contributed by atoms with Gasteiger partial charge in [-0.15, -0.1) is 0 Å². The predicted octanol–water partition coefficient (Wildman–Crippen LogP) is 2.62. The first-order valence-electron chi connectivity index (χ1n) is 11.7.